The standard InChI is InChI=1S/C15H27NO2/c1-14(2)8-5-12(6-9-14)18-13(17)15(3)7-4-10-16-11-15/h12,16H,4-11H2,1-3H3. The Morgan fingerprint density at radius 1 is 1.17 bits per heavy atom. The molecule has 1 unspecified atom stereocenters. The van der Waals surface area contributed by atoms with Crippen molar-refractivity contribution in [2.45, 2.75) is 65.4 Å². The largest absolute Gasteiger partial charge is 0.462 e. The minimum absolute atomic E-state index is 0.0133. The van der Waals surface area contributed by atoms with Crippen molar-refractivity contribution in [1.82, 2.24) is 5.32 Å². The molecule has 0 aromatic rings. The molecule has 1 N–H and O–H groups in total. The monoisotopic (exact) mass is 253 g/mol. The number of hydrogen-bond donors (Lipinski definition) is 1. The van der Waals surface area contributed by atoms with E-state index in [0.717, 1.165) is 38.8 Å². The smallest absolute Gasteiger partial charge is 0.313 e. The van der Waals surface area contributed by atoms with Crippen molar-refractivity contribution in [2.24, 2.45) is 10.8 Å². The second-order valence-electron chi connectivity index (χ2n) is 7.11. The van der Waals surface area contributed by atoms with Crippen LogP contribution in [0.3, 0.4) is 0 Å². The number of carbonyl (C=O) groups is 1. The summed E-state index contributed by atoms with van der Waals surface area (Å²) in [5, 5.41) is 3.31. The third kappa shape index (κ3) is 3.25. The van der Waals surface area contributed by atoms with Crippen LogP contribution < -0.4 is 5.32 Å². The van der Waals surface area contributed by atoms with Crippen LogP contribution in [-0.4, -0.2) is 25.2 Å². The molecular weight excluding hydrogens is 226 g/mol. The van der Waals surface area contributed by atoms with Gasteiger partial charge in [-0.1, -0.05) is 13.8 Å². The van der Waals surface area contributed by atoms with Crippen LogP contribution in [0.4, 0.5) is 0 Å². The molecule has 0 aromatic heterocycles. The fourth-order valence-electron chi connectivity index (χ4n) is 3.01. The maximum absolute atomic E-state index is 12.3. The van der Waals surface area contributed by atoms with Gasteiger partial charge in [-0.05, 0) is 57.4 Å². The first-order chi connectivity index (χ1) is 8.41. The van der Waals surface area contributed by atoms with Gasteiger partial charge in [0, 0.05) is 6.54 Å². The first-order valence-corrected chi connectivity index (χ1v) is 7.33. The van der Waals surface area contributed by atoms with Crippen LogP contribution in [0, 0.1) is 10.8 Å². The molecule has 18 heavy (non-hydrogen) atoms. The molecule has 0 bridgehead atoms. The predicted molar refractivity (Wildman–Crippen MR) is 72.3 cm³/mol. The maximum atomic E-state index is 12.3. The maximum Gasteiger partial charge on any atom is 0.313 e. The van der Waals surface area contributed by atoms with Gasteiger partial charge < -0.3 is 10.1 Å². The lowest BCUT2D eigenvalue weighted by Crippen LogP contribution is -2.45. The zero-order valence-corrected chi connectivity index (χ0v) is 12.1. The molecule has 1 atom stereocenters. The lowest BCUT2D eigenvalue weighted by atomic mass is 9.76. The molecule has 0 radical (unpaired) electrons. The van der Waals surface area contributed by atoms with Gasteiger partial charge >= 0.3 is 5.97 Å². The summed E-state index contributed by atoms with van der Waals surface area (Å²) >= 11 is 0. The van der Waals surface area contributed by atoms with E-state index in [-0.39, 0.29) is 17.5 Å². The Morgan fingerprint density at radius 2 is 1.83 bits per heavy atom. The van der Waals surface area contributed by atoms with Gasteiger partial charge in [0.15, 0.2) is 0 Å². The van der Waals surface area contributed by atoms with Crippen LogP contribution in [-0.2, 0) is 9.53 Å². The summed E-state index contributed by atoms with van der Waals surface area (Å²) in [4.78, 5) is 12.3. The summed E-state index contributed by atoms with van der Waals surface area (Å²) in [5.41, 5.74) is 0.129. The topological polar surface area (TPSA) is 38.3 Å². The summed E-state index contributed by atoms with van der Waals surface area (Å²) in [6.07, 6.45) is 6.58. The quantitative estimate of drug-likeness (QED) is 0.769. The lowest BCUT2D eigenvalue weighted by molar-refractivity contribution is -0.164. The van der Waals surface area contributed by atoms with Crippen LogP contribution in [0.5, 0.6) is 0 Å². The fraction of sp³-hybridized carbons (Fsp3) is 0.933. The van der Waals surface area contributed by atoms with Gasteiger partial charge in [-0.15, -0.1) is 0 Å². The first-order valence-electron chi connectivity index (χ1n) is 7.33. The van der Waals surface area contributed by atoms with Crippen molar-refractivity contribution >= 4 is 5.97 Å². The molecule has 1 heterocycles. The summed E-state index contributed by atoms with van der Waals surface area (Å²) in [6, 6.07) is 0. The molecule has 1 saturated carbocycles. The van der Waals surface area contributed by atoms with Gasteiger partial charge in [0.05, 0.1) is 5.41 Å². The SMILES string of the molecule is CC1(C)CCC(OC(=O)C2(C)CCCNC2)CC1. The van der Waals surface area contributed by atoms with E-state index >= 15 is 0 Å². The van der Waals surface area contributed by atoms with Gasteiger partial charge in [0.2, 0.25) is 0 Å². The number of nitrogens with one attached hydrogen (secondary N) is 1. The number of carbonyl (C=O) groups excluding carboxylic acids is 1. The molecular formula is C15H27NO2. The van der Waals surface area contributed by atoms with E-state index in [9.17, 15) is 4.79 Å². The van der Waals surface area contributed by atoms with Crippen LogP contribution in [0.25, 0.3) is 0 Å². The average Bonchev–Trinajstić information content (AvgIpc) is 2.33. The summed E-state index contributed by atoms with van der Waals surface area (Å²) < 4.78 is 5.75. The minimum atomic E-state index is -0.300. The van der Waals surface area contributed by atoms with Crippen LogP contribution in [0.1, 0.15) is 59.3 Å². The summed E-state index contributed by atoms with van der Waals surface area (Å²) in [6.45, 7) is 8.44. The highest BCUT2D eigenvalue weighted by Gasteiger charge is 2.38. The van der Waals surface area contributed by atoms with E-state index in [4.69, 9.17) is 4.74 Å². The van der Waals surface area contributed by atoms with Crippen molar-refractivity contribution in [3.05, 3.63) is 0 Å². The zero-order chi connectivity index (χ0) is 13.2. The third-order valence-corrected chi connectivity index (χ3v) is 4.65. The normalized spacial score (nSPS) is 33.1. The van der Waals surface area contributed by atoms with E-state index in [0.29, 0.717) is 5.41 Å². The lowest BCUT2D eigenvalue weighted by Gasteiger charge is -2.37. The van der Waals surface area contributed by atoms with Crippen LogP contribution in [0.15, 0.2) is 0 Å². The zero-order valence-electron chi connectivity index (χ0n) is 12.1. The summed E-state index contributed by atoms with van der Waals surface area (Å²) in [7, 11) is 0. The molecule has 1 aliphatic heterocycles. The van der Waals surface area contributed by atoms with Gasteiger partial charge in [0.25, 0.3) is 0 Å². The Labute approximate surface area is 111 Å². The van der Waals surface area contributed by atoms with Crippen molar-refractivity contribution in [3.63, 3.8) is 0 Å². The number of hydrogen-bond acceptors (Lipinski definition) is 3. The summed E-state index contributed by atoms with van der Waals surface area (Å²) in [5.74, 6) is 0.0133. The van der Waals surface area contributed by atoms with Crippen molar-refractivity contribution in [2.75, 3.05) is 13.1 Å². The highest BCUT2D eigenvalue weighted by molar-refractivity contribution is 5.77. The Balaban J connectivity index is 1.84. The third-order valence-electron chi connectivity index (χ3n) is 4.65. The molecule has 1 aliphatic carbocycles. The highest BCUT2D eigenvalue weighted by atomic mass is 16.5. The van der Waals surface area contributed by atoms with E-state index in [1.807, 2.05) is 6.92 Å². The Morgan fingerprint density at radius 3 is 2.39 bits per heavy atom. The molecule has 2 rings (SSSR count). The molecule has 2 fully saturated rings. The number of ether oxygens (including phenoxy) is 1. The van der Waals surface area contributed by atoms with Gasteiger partial charge in [-0.2, -0.15) is 0 Å². The molecule has 0 amide bonds. The Hall–Kier alpha value is -0.570. The Kier molecular flexibility index (Phi) is 4.00. The molecule has 3 heteroatoms. The Bertz CT molecular complexity index is 296. The average molecular weight is 253 g/mol. The second kappa shape index (κ2) is 5.20. The number of esters is 1. The van der Waals surface area contributed by atoms with Gasteiger partial charge in [-0.3, -0.25) is 4.79 Å². The van der Waals surface area contributed by atoms with Gasteiger partial charge in [-0.25, -0.2) is 0 Å². The van der Waals surface area contributed by atoms with E-state index in [1.54, 1.807) is 0 Å². The van der Waals surface area contributed by atoms with E-state index in [2.05, 4.69) is 19.2 Å². The molecule has 0 spiro atoms. The number of rotatable bonds is 2. The predicted octanol–water partition coefficient (Wildman–Crippen LogP) is 2.89. The molecule has 0 aromatic carbocycles. The molecule has 1 saturated heterocycles. The second-order valence-corrected chi connectivity index (χ2v) is 7.11. The van der Waals surface area contributed by atoms with Crippen LogP contribution >= 0.6 is 0 Å². The highest BCUT2D eigenvalue weighted by Crippen LogP contribution is 2.37. The number of piperidine rings is 1. The van der Waals surface area contributed by atoms with Gasteiger partial charge in [0.1, 0.15) is 6.10 Å². The molecule has 104 valence electrons. The van der Waals surface area contributed by atoms with Crippen molar-refractivity contribution in [1.29, 1.82) is 0 Å². The van der Waals surface area contributed by atoms with Crippen molar-refractivity contribution in [3.8, 4) is 0 Å². The van der Waals surface area contributed by atoms with Crippen molar-refractivity contribution < 1.29 is 9.53 Å². The fourth-order valence-corrected chi connectivity index (χ4v) is 3.01. The van der Waals surface area contributed by atoms with E-state index in [1.165, 1.54) is 12.8 Å². The van der Waals surface area contributed by atoms with Crippen LogP contribution in [0.2, 0.25) is 0 Å². The minimum Gasteiger partial charge on any atom is -0.462 e. The molecule has 3 nitrogen and oxygen atoms in total. The first kappa shape index (κ1) is 13.9. The van der Waals surface area contributed by atoms with E-state index < -0.39 is 0 Å². The molecule has 2 aliphatic rings.